The van der Waals surface area contributed by atoms with E-state index in [2.05, 4.69) is 19.9 Å². The summed E-state index contributed by atoms with van der Waals surface area (Å²) < 4.78 is 11.2. The van der Waals surface area contributed by atoms with Crippen molar-refractivity contribution in [3.05, 3.63) is 45.8 Å². The average Bonchev–Trinajstić information content (AvgIpc) is 3.05. The number of aromatic amines is 2. The van der Waals surface area contributed by atoms with Crippen LogP contribution in [0.25, 0.3) is 22.4 Å². The summed E-state index contributed by atoms with van der Waals surface area (Å²) in [5.41, 5.74) is 2.27. The van der Waals surface area contributed by atoms with Gasteiger partial charge in [-0.3, -0.25) is 9.88 Å². The molecular formula is C19H21ClN4O3. The van der Waals surface area contributed by atoms with Gasteiger partial charge < -0.3 is 14.5 Å². The lowest BCUT2D eigenvalue weighted by Crippen LogP contribution is -2.37. The number of pyridine rings is 1. The summed E-state index contributed by atoms with van der Waals surface area (Å²) in [7, 11) is 0. The maximum absolute atomic E-state index is 11.4. The van der Waals surface area contributed by atoms with Gasteiger partial charge >= 0.3 is 5.69 Å². The normalized spacial score (nSPS) is 15.3. The minimum absolute atomic E-state index is 0.299. The molecule has 0 unspecified atom stereocenters. The zero-order chi connectivity index (χ0) is 18.6. The molecule has 0 bridgehead atoms. The van der Waals surface area contributed by atoms with Gasteiger partial charge in [-0.1, -0.05) is 11.6 Å². The van der Waals surface area contributed by atoms with Crippen molar-refractivity contribution in [3.8, 4) is 17.0 Å². The highest BCUT2D eigenvalue weighted by atomic mass is 35.5. The minimum atomic E-state index is -0.299. The molecule has 1 aliphatic heterocycles. The summed E-state index contributed by atoms with van der Waals surface area (Å²) in [5.74, 6) is 0.813. The molecular weight excluding hydrogens is 368 g/mol. The van der Waals surface area contributed by atoms with E-state index >= 15 is 0 Å². The highest BCUT2D eigenvalue weighted by Gasteiger charge is 2.11. The van der Waals surface area contributed by atoms with Gasteiger partial charge in [0, 0.05) is 25.2 Å². The fourth-order valence-corrected chi connectivity index (χ4v) is 3.42. The van der Waals surface area contributed by atoms with Crippen LogP contribution >= 0.6 is 11.6 Å². The van der Waals surface area contributed by atoms with Crippen LogP contribution in [0.4, 0.5) is 0 Å². The fourth-order valence-electron chi connectivity index (χ4n) is 3.15. The van der Waals surface area contributed by atoms with Crippen molar-refractivity contribution in [2.24, 2.45) is 0 Å². The predicted molar refractivity (Wildman–Crippen MR) is 105 cm³/mol. The van der Waals surface area contributed by atoms with E-state index in [1.807, 2.05) is 24.3 Å². The van der Waals surface area contributed by atoms with Crippen molar-refractivity contribution in [2.45, 2.75) is 6.42 Å². The predicted octanol–water partition coefficient (Wildman–Crippen LogP) is 2.67. The summed E-state index contributed by atoms with van der Waals surface area (Å²) in [6.45, 7) is 5.34. The maximum atomic E-state index is 11.4. The van der Waals surface area contributed by atoms with E-state index in [0.717, 1.165) is 50.6 Å². The minimum Gasteiger partial charge on any atom is -0.494 e. The van der Waals surface area contributed by atoms with E-state index in [-0.39, 0.29) is 5.69 Å². The monoisotopic (exact) mass is 388 g/mol. The molecule has 1 fully saturated rings. The first kappa shape index (κ1) is 18.0. The van der Waals surface area contributed by atoms with Crippen LogP contribution in [0, 0.1) is 0 Å². The number of imidazole rings is 1. The van der Waals surface area contributed by atoms with Gasteiger partial charge in [-0.2, -0.15) is 0 Å². The van der Waals surface area contributed by atoms with Crippen LogP contribution in [0.2, 0.25) is 5.02 Å². The molecule has 0 amide bonds. The lowest BCUT2D eigenvalue weighted by Gasteiger charge is -2.26. The Hall–Kier alpha value is -2.35. The Kier molecular flexibility index (Phi) is 5.42. The van der Waals surface area contributed by atoms with Crippen molar-refractivity contribution in [2.75, 3.05) is 39.5 Å². The summed E-state index contributed by atoms with van der Waals surface area (Å²) in [6, 6.07) is 9.36. The Bertz CT molecular complexity index is 961. The standard InChI is InChI=1S/C19H21ClN4O3/c20-15-12-16-18(23-19(25)21-16)22-17(15)13-2-4-14(5-3-13)27-9-1-6-24-7-10-26-11-8-24/h2-5,12H,1,6-11H2,(H2,21,22,23,25). The number of ether oxygens (including phenoxy) is 2. The van der Waals surface area contributed by atoms with E-state index in [1.54, 1.807) is 6.07 Å². The first-order valence-electron chi connectivity index (χ1n) is 9.01. The van der Waals surface area contributed by atoms with Crippen molar-refractivity contribution in [3.63, 3.8) is 0 Å². The van der Waals surface area contributed by atoms with Crippen LogP contribution in [0.1, 0.15) is 6.42 Å². The van der Waals surface area contributed by atoms with Crippen molar-refractivity contribution < 1.29 is 9.47 Å². The van der Waals surface area contributed by atoms with Crippen molar-refractivity contribution >= 4 is 22.8 Å². The van der Waals surface area contributed by atoms with Gasteiger partial charge in [0.15, 0.2) is 5.65 Å². The van der Waals surface area contributed by atoms with Crippen molar-refractivity contribution in [1.82, 2.24) is 19.9 Å². The first-order chi connectivity index (χ1) is 13.2. The number of morpholine rings is 1. The molecule has 142 valence electrons. The number of fused-ring (bicyclic) bond motifs is 1. The number of aromatic nitrogens is 3. The summed E-state index contributed by atoms with van der Waals surface area (Å²) in [4.78, 5) is 23.5. The molecule has 3 aromatic rings. The van der Waals surface area contributed by atoms with Gasteiger partial charge in [0.2, 0.25) is 0 Å². The van der Waals surface area contributed by atoms with Crippen LogP contribution in [0.5, 0.6) is 5.75 Å². The summed E-state index contributed by atoms with van der Waals surface area (Å²) >= 11 is 6.32. The van der Waals surface area contributed by atoms with Crippen LogP contribution < -0.4 is 10.4 Å². The molecule has 27 heavy (non-hydrogen) atoms. The number of hydrogen-bond acceptors (Lipinski definition) is 5. The largest absolute Gasteiger partial charge is 0.494 e. The third kappa shape index (κ3) is 4.32. The number of halogens is 1. The van der Waals surface area contributed by atoms with Gasteiger partial charge in [0.05, 0.1) is 36.1 Å². The molecule has 3 heterocycles. The Morgan fingerprint density at radius 1 is 1.19 bits per heavy atom. The molecule has 7 nitrogen and oxygen atoms in total. The van der Waals surface area contributed by atoms with Crippen molar-refractivity contribution in [1.29, 1.82) is 0 Å². The third-order valence-electron chi connectivity index (χ3n) is 4.58. The number of nitrogens with zero attached hydrogens (tertiary/aromatic N) is 2. The second-order valence-electron chi connectivity index (χ2n) is 6.47. The maximum Gasteiger partial charge on any atom is 0.325 e. The van der Waals surface area contributed by atoms with Crippen LogP contribution in [-0.2, 0) is 4.74 Å². The molecule has 0 radical (unpaired) electrons. The lowest BCUT2D eigenvalue weighted by molar-refractivity contribution is 0.0358. The summed E-state index contributed by atoms with van der Waals surface area (Å²) in [5, 5.41) is 0.483. The van der Waals surface area contributed by atoms with Gasteiger partial charge in [-0.15, -0.1) is 0 Å². The number of hydrogen-bond donors (Lipinski definition) is 2. The van der Waals surface area contributed by atoms with Gasteiger partial charge in [0.1, 0.15) is 5.75 Å². The Labute approximate surface area is 161 Å². The first-order valence-corrected chi connectivity index (χ1v) is 9.39. The smallest absolute Gasteiger partial charge is 0.325 e. The zero-order valence-electron chi connectivity index (χ0n) is 14.8. The highest BCUT2D eigenvalue weighted by Crippen LogP contribution is 2.29. The molecule has 0 atom stereocenters. The third-order valence-corrected chi connectivity index (χ3v) is 4.86. The Morgan fingerprint density at radius 3 is 2.74 bits per heavy atom. The topological polar surface area (TPSA) is 83.2 Å². The number of rotatable bonds is 6. The average molecular weight is 389 g/mol. The van der Waals surface area contributed by atoms with E-state index in [0.29, 0.717) is 28.5 Å². The number of nitrogens with one attached hydrogen (secondary N) is 2. The van der Waals surface area contributed by atoms with Crippen LogP contribution in [0.15, 0.2) is 35.1 Å². The fraction of sp³-hybridized carbons (Fsp3) is 0.368. The SMILES string of the molecule is O=c1[nH]c2cc(Cl)c(-c3ccc(OCCCN4CCOCC4)cc3)nc2[nH]1. The van der Waals surface area contributed by atoms with E-state index in [9.17, 15) is 4.79 Å². The summed E-state index contributed by atoms with van der Waals surface area (Å²) in [6.07, 6.45) is 0.979. The molecule has 0 saturated carbocycles. The molecule has 2 aromatic heterocycles. The van der Waals surface area contributed by atoms with E-state index < -0.39 is 0 Å². The quantitative estimate of drug-likeness (QED) is 0.634. The Morgan fingerprint density at radius 2 is 1.96 bits per heavy atom. The number of H-pyrrole nitrogens is 2. The van der Waals surface area contributed by atoms with Gasteiger partial charge in [0.25, 0.3) is 0 Å². The lowest BCUT2D eigenvalue weighted by atomic mass is 10.1. The molecule has 1 aliphatic rings. The second kappa shape index (κ2) is 8.12. The van der Waals surface area contributed by atoms with Gasteiger partial charge in [-0.25, -0.2) is 9.78 Å². The molecule has 4 rings (SSSR count). The molecule has 1 saturated heterocycles. The zero-order valence-corrected chi connectivity index (χ0v) is 15.6. The van der Waals surface area contributed by atoms with Gasteiger partial charge in [-0.05, 0) is 36.8 Å². The molecule has 0 spiro atoms. The molecule has 0 aliphatic carbocycles. The molecule has 2 N–H and O–H groups in total. The second-order valence-corrected chi connectivity index (χ2v) is 6.88. The molecule has 8 heteroatoms. The Balaban J connectivity index is 1.37. The number of benzene rings is 1. The van der Waals surface area contributed by atoms with Crippen LogP contribution in [-0.4, -0.2) is 59.3 Å². The highest BCUT2D eigenvalue weighted by molar-refractivity contribution is 6.33. The van der Waals surface area contributed by atoms with Crippen LogP contribution in [0.3, 0.4) is 0 Å². The molecule has 1 aromatic carbocycles. The van der Waals surface area contributed by atoms with E-state index in [1.165, 1.54) is 0 Å². The van der Waals surface area contributed by atoms with E-state index in [4.69, 9.17) is 21.1 Å².